The van der Waals surface area contributed by atoms with Crippen LogP contribution in [0, 0.1) is 5.92 Å². The second kappa shape index (κ2) is 9.95. The van der Waals surface area contributed by atoms with Crippen molar-refractivity contribution in [2.24, 2.45) is 5.92 Å². The molecule has 3 aliphatic rings. The number of rotatable bonds is 5. The van der Waals surface area contributed by atoms with Crippen LogP contribution in [-0.4, -0.2) is 55.4 Å². The van der Waals surface area contributed by atoms with Crippen molar-refractivity contribution in [1.29, 1.82) is 0 Å². The molecule has 0 aromatic heterocycles. The first kappa shape index (κ1) is 22.1. The van der Waals surface area contributed by atoms with Gasteiger partial charge < -0.3 is 29.2 Å². The lowest BCUT2D eigenvalue weighted by Gasteiger charge is -2.29. The summed E-state index contributed by atoms with van der Waals surface area (Å²) in [6, 6.07) is 4.85. The third kappa shape index (κ3) is 5.73. The minimum atomic E-state index is -1.28. The minimum Gasteiger partial charge on any atom is -0.534 e. The largest absolute Gasteiger partial charge is 0.547 e. The van der Waals surface area contributed by atoms with Crippen LogP contribution in [0.1, 0.15) is 49.0 Å². The van der Waals surface area contributed by atoms with Crippen LogP contribution >= 0.6 is 0 Å². The molecule has 2 N–H and O–H groups in total. The van der Waals surface area contributed by atoms with E-state index in [1.807, 2.05) is 0 Å². The van der Waals surface area contributed by atoms with Crippen LogP contribution in [0.5, 0.6) is 5.75 Å². The van der Waals surface area contributed by atoms with Crippen molar-refractivity contribution in [2.75, 3.05) is 13.4 Å². The van der Waals surface area contributed by atoms with Crippen molar-refractivity contribution in [3.8, 4) is 5.75 Å². The molecule has 1 saturated carbocycles. The van der Waals surface area contributed by atoms with Gasteiger partial charge in [0.15, 0.2) is 0 Å². The van der Waals surface area contributed by atoms with Gasteiger partial charge >= 0.3 is 19.1 Å². The lowest BCUT2D eigenvalue weighted by atomic mass is 9.72. The van der Waals surface area contributed by atoms with Crippen molar-refractivity contribution in [1.82, 2.24) is 5.32 Å². The van der Waals surface area contributed by atoms with Gasteiger partial charge in [0.05, 0.1) is 12.0 Å². The van der Waals surface area contributed by atoms with Gasteiger partial charge in [0.1, 0.15) is 11.3 Å². The molecule has 0 spiro atoms. The number of hydrogen-bond donors (Lipinski definition) is 2. The van der Waals surface area contributed by atoms with Crippen molar-refractivity contribution < 1.29 is 38.3 Å². The van der Waals surface area contributed by atoms with E-state index in [1.54, 1.807) is 19.1 Å². The maximum Gasteiger partial charge on any atom is 0.547 e. The molecule has 3 atom stereocenters. The van der Waals surface area contributed by atoms with E-state index in [4.69, 9.17) is 14.1 Å². The third-order valence-corrected chi connectivity index (χ3v) is 5.14. The Bertz CT molecular complexity index is 793. The van der Waals surface area contributed by atoms with Gasteiger partial charge in [-0.25, -0.2) is 4.79 Å². The Labute approximate surface area is 175 Å². The number of benzene rings is 1. The number of carbonyl (C=O) groups is 3. The highest BCUT2D eigenvalue weighted by atomic mass is 16.7. The summed E-state index contributed by atoms with van der Waals surface area (Å²) in [6.45, 7) is 3.43. The summed E-state index contributed by atoms with van der Waals surface area (Å²) in [6.07, 6.45) is 4.02. The fraction of sp³-hybridized carbons (Fsp3) is 0.550. The Balaban J connectivity index is 0.000000357. The third-order valence-electron chi connectivity index (χ3n) is 5.14. The van der Waals surface area contributed by atoms with Gasteiger partial charge in [-0.2, -0.15) is 0 Å². The molecule has 2 heterocycles. The summed E-state index contributed by atoms with van der Waals surface area (Å²) >= 11 is 0. The summed E-state index contributed by atoms with van der Waals surface area (Å²) < 4.78 is 20.0. The van der Waals surface area contributed by atoms with Crippen LogP contribution in [0.3, 0.4) is 0 Å². The number of amides is 1. The quantitative estimate of drug-likeness (QED) is 0.412. The smallest absolute Gasteiger partial charge is 0.534 e. The van der Waals surface area contributed by atoms with Gasteiger partial charge in [-0.3, -0.25) is 9.59 Å². The highest BCUT2D eigenvalue weighted by Crippen LogP contribution is 2.41. The van der Waals surface area contributed by atoms with Crippen molar-refractivity contribution in [3.63, 3.8) is 0 Å². The van der Waals surface area contributed by atoms with Gasteiger partial charge in [-0.05, 0) is 36.8 Å². The van der Waals surface area contributed by atoms with Gasteiger partial charge in [0.2, 0.25) is 12.7 Å². The van der Waals surface area contributed by atoms with E-state index in [-0.39, 0.29) is 17.2 Å². The maximum atomic E-state index is 12.1. The molecule has 2 fully saturated rings. The van der Waals surface area contributed by atoms with Crippen LogP contribution in [0.2, 0.25) is 0 Å². The number of carbonyl (C=O) groups excluding carboxylic acids is 3. The fourth-order valence-corrected chi connectivity index (χ4v) is 3.36. The molecule has 1 saturated heterocycles. The minimum absolute atomic E-state index is 0.110. The molecular weight excluding hydrogens is 393 g/mol. The average Bonchev–Trinajstić information content (AvgIpc) is 3.32. The molecule has 30 heavy (non-hydrogen) atoms. The lowest BCUT2D eigenvalue weighted by molar-refractivity contribution is -0.149. The summed E-state index contributed by atoms with van der Waals surface area (Å²) in [5.41, 5.74) is 0.766. The predicted octanol–water partition coefficient (Wildman–Crippen LogP) is 1.01. The van der Waals surface area contributed by atoms with E-state index >= 15 is 0 Å². The van der Waals surface area contributed by atoms with Crippen molar-refractivity contribution in [2.45, 2.75) is 51.6 Å². The van der Waals surface area contributed by atoms with E-state index < -0.39 is 31.8 Å². The predicted molar refractivity (Wildman–Crippen MR) is 105 cm³/mol. The number of hydrogen-bond acceptors (Lipinski definition) is 8. The molecular formula is C20H26BNO8. The lowest BCUT2D eigenvalue weighted by Crippen LogP contribution is -2.53. The first-order valence-electron chi connectivity index (χ1n) is 10.1. The second-order valence-electron chi connectivity index (χ2n) is 7.41. The molecule has 162 valence electrons. The first-order valence-corrected chi connectivity index (χ1v) is 10.1. The van der Waals surface area contributed by atoms with E-state index in [0.29, 0.717) is 24.5 Å². The number of esters is 2. The number of nitrogens with one attached hydrogen (secondary N) is 1. The molecule has 2 aliphatic heterocycles. The zero-order valence-electron chi connectivity index (χ0n) is 17.1. The molecule has 1 aliphatic carbocycles. The molecule has 3 unspecified atom stereocenters. The monoisotopic (exact) mass is 419 g/mol. The van der Waals surface area contributed by atoms with E-state index in [2.05, 4.69) is 10.1 Å². The molecule has 0 radical (unpaired) electrons. The van der Waals surface area contributed by atoms with Gasteiger partial charge in [0.25, 0.3) is 0 Å². The maximum absolute atomic E-state index is 12.1. The van der Waals surface area contributed by atoms with Crippen LogP contribution < -0.4 is 9.97 Å². The topological polar surface area (TPSA) is 120 Å². The molecule has 9 nitrogen and oxygen atoms in total. The van der Waals surface area contributed by atoms with Crippen LogP contribution in [0.25, 0.3) is 0 Å². The molecule has 4 rings (SSSR count). The van der Waals surface area contributed by atoms with Gasteiger partial charge in [0, 0.05) is 20.0 Å². The number of ether oxygens (including phenoxy) is 3. The second-order valence-corrected chi connectivity index (χ2v) is 7.41. The normalized spacial score (nSPS) is 23.0. The molecule has 10 heteroatoms. The van der Waals surface area contributed by atoms with Crippen LogP contribution in [0.4, 0.5) is 0 Å². The highest BCUT2D eigenvalue weighted by molar-refractivity contribution is 6.47. The number of para-hydroxylation sites is 1. The van der Waals surface area contributed by atoms with E-state index in [9.17, 15) is 19.4 Å². The summed E-state index contributed by atoms with van der Waals surface area (Å²) in [7, 11) is -1.28. The Morgan fingerprint density at radius 3 is 2.67 bits per heavy atom. The Morgan fingerprint density at radius 2 is 2.10 bits per heavy atom. The summed E-state index contributed by atoms with van der Waals surface area (Å²) in [4.78, 5) is 34.2. The van der Waals surface area contributed by atoms with Gasteiger partial charge in [-0.1, -0.05) is 19.1 Å². The molecule has 1 aromatic rings. The van der Waals surface area contributed by atoms with Gasteiger partial charge in [-0.15, -0.1) is 0 Å². The summed E-state index contributed by atoms with van der Waals surface area (Å²) in [5.74, 6) is -0.930. The highest BCUT2D eigenvalue weighted by Gasteiger charge is 2.42. The molecule has 0 bridgehead atoms. The Morgan fingerprint density at radius 1 is 1.30 bits per heavy atom. The SMILES string of the molecule is C1CC2CC2O1.CCC(=O)NC1Cc2cccc(C(=O)OCOC(C)=O)c2OB1O. The fourth-order valence-electron chi connectivity index (χ4n) is 3.36. The molecule has 1 amide bonds. The Kier molecular flexibility index (Phi) is 7.33. The van der Waals surface area contributed by atoms with Crippen molar-refractivity contribution in [3.05, 3.63) is 29.3 Å². The standard InChI is InChI=1S/C15H18BNO7.C5H8O/c1-3-13(19)17-12-7-10-5-4-6-11(14(10)24-16(12)21)15(20)23-8-22-9(2)18;1-2-6-5-3-4(1)5/h4-6,12,21H,3,7-8H2,1-2H3,(H,17,19);4-5H,1-3H2. The zero-order chi connectivity index (χ0) is 21.7. The van der Waals surface area contributed by atoms with Crippen LogP contribution in [-0.2, 0) is 30.2 Å². The Hall–Kier alpha value is -2.59. The zero-order valence-corrected chi connectivity index (χ0v) is 17.1. The molecule has 1 aromatic carbocycles. The first-order chi connectivity index (χ1) is 14.4. The average molecular weight is 419 g/mol. The number of fused-ring (bicyclic) bond motifs is 2. The van der Waals surface area contributed by atoms with Crippen molar-refractivity contribution >= 4 is 25.0 Å². The van der Waals surface area contributed by atoms with E-state index in [0.717, 1.165) is 12.5 Å². The van der Waals surface area contributed by atoms with Crippen LogP contribution in [0.15, 0.2) is 18.2 Å². The van der Waals surface area contributed by atoms with E-state index in [1.165, 1.54) is 25.8 Å². The summed E-state index contributed by atoms with van der Waals surface area (Å²) in [5, 5.41) is 12.7.